The van der Waals surface area contributed by atoms with Gasteiger partial charge in [0, 0.05) is 55.0 Å². The minimum Gasteiger partial charge on any atom is -0.461 e. The van der Waals surface area contributed by atoms with Gasteiger partial charge in [-0.25, -0.2) is 8.78 Å². The van der Waals surface area contributed by atoms with Gasteiger partial charge in [-0.15, -0.1) is 0 Å². The molecular weight excluding hydrogens is 598 g/mol. The molecule has 45 heavy (non-hydrogen) atoms. The Bertz CT molecular complexity index is 1640. The summed E-state index contributed by atoms with van der Waals surface area (Å²) in [6.07, 6.45) is 6.05. The summed E-state index contributed by atoms with van der Waals surface area (Å²) in [5.74, 6) is -1.09. The molecule has 1 aromatic heterocycles. The van der Waals surface area contributed by atoms with E-state index in [0.717, 1.165) is 59.0 Å². The lowest BCUT2D eigenvalue weighted by molar-refractivity contribution is -0.131. The van der Waals surface area contributed by atoms with Crippen molar-refractivity contribution in [2.45, 2.75) is 75.0 Å². The molecule has 2 aromatic rings. The van der Waals surface area contributed by atoms with Gasteiger partial charge in [-0.3, -0.25) is 9.69 Å². The number of alkyl halides is 1. The predicted octanol–water partition coefficient (Wildman–Crippen LogP) is 5.34. The standard InChI is InChI=1S/C34H37ClF2N6O2/c1-21-15-33(26-5-3-6-27(35)29(21)26)10-7-25-28(17-33)39-32(45-20-34-9-4-12-42(34)18-23(37)16-34)40-30(25)41-13-14-43(31(44)22(2)36)24(19-41)8-11-38/h3,5-6,15,23-24H,2,4,7-10,12-14,16-20H2,1H3/t23-,24+,33+,34+/m1/s1. The van der Waals surface area contributed by atoms with Crippen molar-refractivity contribution in [3.8, 4) is 12.1 Å². The van der Waals surface area contributed by atoms with E-state index in [4.69, 9.17) is 26.3 Å². The van der Waals surface area contributed by atoms with Crippen molar-refractivity contribution in [3.05, 3.63) is 64.1 Å². The Morgan fingerprint density at radius 1 is 1.24 bits per heavy atom. The summed E-state index contributed by atoms with van der Waals surface area (Å²) in [6, 6.07) is 7.96. The number of amides is 1. The molecule has 2 aliphatic carbocycles. The van der Waals surface area contributed by atoms with Gasteiger partial charge in [-0.05, 0) is 61.9 Å². The zero-order valence-corrected chi connectivity index (χ0v) is 26.3. The molecule has 3 saturated heterocycles. The number of fused-ring (bicyclic) bond motifs is 4. The molecule has 4 atom stereocenters. The third-order valence-corrected chi connectivity index (χ3v) is 10.9. The normalized spacial score (nSPS) is 28.8. The van der Waals surface area contributed by atoms with Gasteiger partial charge >= 0.3 is 6.01 Å². The van der Waals surface area contributed by atoms with Crippen LogP contribution in [0, 0.1) is 11.3 Å². The van der Waals surface area contributed by atoms with Crippen LogP contribution in [0.5, 0.6) is 6.01 Å². The van der Waals surface area contributed by atoms with E-state index in [1.165, 1.54) is 10.5 Å². The van der Waals surface area contributed by atoms with Crippen LogP contribution in [0.3, 0.4) is 0 Å². The Hall–Kier alpha value is -3.55. The van der Waals surface area contributed by atoms with Crippen LogP contribution in [0.4, 0.5) is 14.6 Å². The quantitative estimate of drug-likeness (QED) is 0.397. The van der Waals surface area contributed by atoms with E-state index in [9.17, 15) is 18.8 Å². The van der Waals surface area contributed by atoms with E-state index in [0.29, 0.717) is 45.5 Å². The van der Waals surface area contributed by atoms with Crippen LogP contribution < -0.4 is 9.64 Å². The second-order valence-corrected chi connectivity index (χ2v) is 13.7. The number of allylic oxidation sites excluding steroid dienone is 2. The highest BCUT2D eigenvalue weighted by Gasteiger charge is 2.50. The molecule has 1 spiro atoms. The Morgan fingerprint density at radius 2 is 2.09 bits per heavy atom. The van der Waals surface area contributed by atoms with Crippen LogP contribution >= 0.6 is 11.6 Å². The van der Waals surface area contributed by atoms with E-state index < -0.39 is 23.9 Å². The maximum atomic E-state index is 14.5. The molecule has 236 valence electrons. The van der Waals surface area contributed by atoms with Crippen molar-refractivity contribution in [3.63, 3.8) is 0 Å². The van der Waals surface area contributed by atoms with Crippen LogP contribution in [0.2, 0.25) is 5.02 Å². The molecule has 11 heteroatoms. The second-order valence-electron chi connectivity index (χ2n) is 13.3. The number of carbonyl (C=O) groups excluding carboxylic acids is 1. The number of rotatable bonds is 6. The zero-order chi connectivity index (χ0) is 31.5. The van der Waals surface area contributed by atoms with Crippen molar-refractivity contribution < 1.29 is 18.3 Å². The molecule has 0 unspecified atom stereocenters. The third-order valence-electron chi connectivity index (χ3n) is 10.6. The molecule has 0 N–H and O–H groups in total. The molecule has 0 bridgehead atoms. The number of nitrogens with zero attached hydrogens (tertiary/aromatic N) is 6. The number of hydrogen-bond donors (Lipinski definition) is 0. The van der Waals surface area contributed by atoms with E-state index in [-0.39, 0.29) is 29.9 Å². The molecule has 0 radical (unpaired) electrons. The number of hydrogen-bond acceptors (Lipinski definition) is 7. The Labute approximate surface area is 267 Å². The molecule has 5 aliphatic rings. The van der Waals surface area contributed by atoms with Gasteiger partial charge in [0.2, 0.25) is 0 Å². The third kappa shape index (κ3) is 5.08. The van der Waals surface area contributed by atoms with E-state index in [1.807, 2.05) is 12.1 Å². The molecule has 1 amide bonds. The summed E-state index contributed by atoms with van der Waals surface area (Å²) >= 11 is 6.67. The van der Waals surface area contributed by atoms with Crippen LogP contribution in [0.1, 0.15) is 61.4 Å². The summed E-state index contributed by atoms with van der Waals surface area (Å²) < 4.78 is 34.8. The lowest BCUT2D eigenvalue weighted by Crippen LogP contribution is -2.55. The van der Waals surface area contributed by atoms with Crippen LogP contribution in [-0.2, 0) is 23.1 Å². The summed E-state index contributed by atoms with van der Waals surface area (Å²) in [4.78, 5) is 28.2. The fourth-order valence-electron chi connectivity index (χ4n) is 8.61. The maximum absolute atomic E-state index is 14.5. The molecule has 3 aliphatic heterocycles. The smallest absolute Gasteiger partial charge is 0.318 e. The molecule has 1 aromatic carbocycles. The molecule has 8 nitrogen and oxygen atoms in total. The van der Waals surface area contributed by atoms with Crippen LogP contribution in [0.15, 0.2) is 36.7 Å². The first-order valence-corrected chi connectivity index (χ1v) is 16.2. The number of piperazine rings is 1. The average Bonchev–Trinajstić information content (AvgIpc) is 3.63. The van der Waals surface area contributed by atoms with Crippen LogP contribution in [0.25, 0.3) is 5.57 Å². The van der Waals surface area contributed by atoms with Crippen molar-refractivity contribution in [2.24, 2.45) is 0 Å². The second kappa shape index (κ2) is 11.4. The Kier molecular flexibility index (Phi) is 7.60. The fourth-order valence-corrected chi connectivity index (χ4v) is 8.94. The predicted molar refractivity (Wildman–Crippen MR) is 168 cm³/mol. The highest BCUT2D eigenvalue weighted by atomic mass is 35.5. The minimum absolute atomic E-state index is 0.0552. The topological polar surface area (TPSA) is 85.6 Å². The van der Waals surface area contributed by atoms with Gasteiger partial charge in [0.05, 0.1) is 29.8 Å². The number of ether oxygens (including phenoxy) is 1. The fraction of sp³-hybridized carbons (Fsp3) is 0.529. The van der Waals surface area contributed by atoms with E-state index in [1.54, 1.807) is 0 Å². The van der Waals surface area contributed by atoms with E-state index >= 15 is 0 Å². The Morgan fingerprint density at radius 3 is 2.89 bits per heavy atom. The SMILES string of the molecule is C=C(F)C(=O)N1CCN(c2nc(OC[C@@]34CCCN3C[C@H](F)C4)nc3c2CC[C@]2(C=C(C)c4c(Cl)cccc42)C3)C[C@@H]1CC#N. The number of aromatic nitrogens is 2. The number of benzene rings is 1. The van der Waals surface area contributed by atoms with Crippen molar-refractivity contribution in [1.82, 2.24) is 19.8 Å². The highest BCUT2D eigenvalue weighted by Crippen LogP contribution is 2.51. The summed E-state index contributed by atoms with van der Waals surface area (Å²) in [6.45, 7) is 7.86. The highest BCUT2D eigenvalue weighted by molar-refractivity contribution is 6.32. The summed E-state index contributed by atoms with van der Waals surface area (Å²) in [7, 11) is 0. The lowest BCUT2D eigenvalue weighted by atomic mass is 9.70. The molecule has 7 rings (SSSR count). The monoisotopic (exact) mass is 634 g/mol. The van der Waals surface area contributed by atoms with Gasteiger partial charge < -0.3 is 14.5 Å². The van der Waals surface area contributed by atoms with Gasteiger partial charge in [0.1, 0.15) is 18.6 Å². The number of anilines is 1. The summed E-state index contributed by atoms with van der Waals surface area (Å²) in [5.41, 5.74) is 4.75. The average molecular weight is 635 g/mol. The van der Waals surface area contributed by atoms with Gasteiger partial charge in [-0.1, -0.05) is 36.4 Å². The molecular formula is C34H37ClF2N6O2. The van der Waals surface area contributed by atoms with Crippen LogP contribution in [-0.4, -0.2) is 82.8 Å². The minimum atomic E-state index is -1.03. The first kappa shape index (κ1) is 30.1. The summed E-state index contributed by atoms with van der Waals surface area (Å²) in [5, 5.41) is 10.3. The van der Waals surface area contributed by atoms with Crippen molar-refractivity contribution in [2.75, 3.05) is 44.2 Å². The number of carbonyl (C=O) groups is 1. The van der Waals surface area contributed by atoms with E-state index in [2.05, 4.69) is 41.5 Å². The van der Waals surface area contributed by atoms with Gasteiger partial charge in [0.25, 0.3) is 5.91 Å². The van der Waals surface area contributed by atoms with Gasteiger partial charge in [0.15, 0.2) is 5.83 Å². The first-order valence-electron chi connectivity index (χ1n) is 15.8. The molecule has 4 heterocycles. The lowest BCUT2D eigenvalue weighted by Gasteiger charge is -2.42. The zero-order valence-electron chi connectivity index (χ0n) is 25.5. The maximum Gasteiger partial charge on any atom is 0.318 e. The first-order chi connectivity index (χ1) is 21.6. The largest absolute Gasteiger partial charge is 0.461 e. The Balaban J connectivity index is 1.25. The molecule has 0 saturated carbocycles. The van der Waals surface area contributed by atoms with Gasteiger partial charge in [-0.2, -0.15) is 15.2 Å². The number of nitriles is 1. The molecule has 3 fully saturated rings. The number of halogens is 3. The van der Waals surface area contributed by atoms with Crippen molar-refractivity contribution >= 4 is 28.9 Å². The van der Waals surface area contributed by atoms with Crippen molar-refractivity contribution in [1.29, 1.82) is 5.26 Å².